The lowest BCUT2D eigenvalue weighted by Crippen LogP contribution is -2.26. The van der Waals surface area contributed by atoms with Crippen LogP contribution in [0.3, 0.4) is 0 Å². The Morgan fingerprint density at radius 3 is 1.49 bits per heavy atom. The number of ether oxygens (including phenoxy) is 1. The van der Waals surface area contributed by atoms with E-state index in [1.807, 2.05) is 88.4 Å². The summed E-state index contributed by atoms with van der Waals surface area (Å²) in [5, 5.41) is 0. The monoisotopic (exact) mass is 571 g/mol. The molecule has 3 rings (SSSR count). The van der Waals surface area contributed by atoms with Crippen LogP contribution in [0.25, 0.3) is 0 Å². The van der Waals surface area contributed by atoms with Crippen molar-refractivity contribution < 1.29 is 4.74 Å². The highest BCUT2D eigenvalue weighted by atomic mass is 16.5. The van der Waals surface area contributed by atoms with E-state index in [4.69, 9.17) is 4.74 Å². The fourth-order valence-electron chi connectivity index (χ4n) is 4.19. The highest BCUT2D eigenvalue weighted by Gasteiger charge is 2.14. The second kappa shape index (κ2) is 18.2. The lowest BCUT2D eigenvalue weighted by molar-refractivity contribution is 0.408. The molecule has 0 radical (unpaired) electrons. The van der Waals surface area contributed by atoms with Gasteiger partial charge in [0, 0.05) is 49.4 Å². The van der Waals surface area contributed by atoms with Crippen LogP contribution in [0, 0.1) is 55.4 Å². The van der Waals surface area contributed by atoms with Crippen molar-refractivity contribution >= 4 is 0 Å². The van der Waals surface area contributed by atoms with Gasteiger partial charge in [0.25, 0.3) is 16.7 Å². The Balaban J connectivity index is 0. The molecule has 0 aliphatic rings. The third-order valence-electron chi connectivity index (χ3n) is 7.36. The smallest absolute Gasteiger partial charge is 0.257 e. The number of methoxy groups -OCH3 is 1. The number of aromatic nitrogens is 3. The van der Waals surface area contributed by atoms with E-state index in [0.29, 0.717) is 17.2 Å². The Hall–Kier alpha value is -3.35. The maximum Gasteiger partial charge on any atom is 0.257 e. The van der Waals surface area contributed by atoms with Gasteiger partial charge in [0.05, 0.1) is 12.7 Å². The van der Waals surface area contributed by atoms with Crippen LogP contribution in [-0.4, -0.2) is 20.8 Å². The molecular formula is C34H57N3O4. The standard InChI is InChI=1S/C12H19NO.C9H13NO2.C9H13NO.2C2H6/c1-7(2)11-9(4)8(3)10(5)13(6)12(11)14;1-6-5-8(12-4)7(2)9(11)10(6)3;1-6-5-7(2)9(11)10(4)8(6)3;2*1-2/h7H,1-6H3;5H,1-4H3;5H,1-4H3;2*1-2H3. The van der Waals surface area contributed by atoms with Crippen molar-refractivity contribution in [1.29, 1.82) is 0 Å². The van der Waals surface area contributed by atoms with Gasteiger partial charge >= 0.3 is 0 Å². The SMILES string of the molecule is CC.CC.COc1cc(C)n(C)c(=O)c1C.Cc1c(C)c(C)n(C)c(=O)c1C(C)C.Cc1cc(C)c(=O)n(C)c1C. The van der Waals surface area contributed by atoms with Gasteiger partial charge < -0.3 is 18.4 Å². The first-order valence-corrected chi connectivity index (χ1v) is 14.5. The minimum Gasteiger partial charge on any atom is -0.496 e. The zero-order valence-corrected chi connectivity index (χ0v) is 29.2. The summed E-state index contributed by atoms with van der Waals surface area (Å²) in [6.07, 6.45) is 0. The molecule has 3 heterocycles. The number of aryl methyl sites for hydroxylation is 3. The third kappa shape index (κ3) is 9.91. The first-order valence-electron chi connectivity index (χ1n) is 14.5. The van der Waals surface area contributed by atoms with Gasteiger partial charge in [-0.3, -0.25) is 14.4 Å². The van der Waals surface area contributed by atoms with Crippen LogP contribution in [0.2, 0.25) is 0 Å². The molecule has 232 valence electrons. The zero-order valence-electron chi connectivity index (χ0n) is 29.2. The number of nitrogens with zero attached hydrogens (tertiary/aromatic N) is 3. The van der Waals surface area contributed by atoms with Crippen LogP contribution in [0.1, 0.15) is 97.9 Å². The van der Waals surface area contributed by atoms with Crippen molar-refractivity contribution in [2.45, 2.75) is 103 Å². The van der Waals surface area contributed by atoms with E-state index >= 15 is 0 Å². The third-order valence-corrected chi connectivity index (χ3v) is 7.36. The molecule has 0 unspecified atom stereocenters. The Labute approximate surface area is 248 Å². The predicted molar refractivity (Wildman–Crippen MR) is 176 cm³/mol. The molecule has 7 nitrogen and oxygen atoms in total. The van der Waals surface area contributed by atoms with E-state index in [9.17, 15) is 14.4 Å². The summed E-state index contributed by atoms with van der Waals surface area (Å²) < 4.78 is 10.1. The summed E-state index contributed by atoms with van der Waals surface area (Å²) in [7, 11) is 6.97. The Bertz CT molecular complexity index is 1460. The summed E-state index contributed by atoms with van der Waals surface area (Å²) in [4.78, 5) is 34.7. The van der Waals surface area contributed by atoms with Gasteiger partial charge in [-0.2, -0.15) is 0 Å². The molecule has 0 amide bonds. The molecule has 0 aromatic carbocycles. The number of pyridine rings is 3. The molecule has 0 saturated heterocycles. The van der Waals surface area contributed by atoms with Gasteiger partial charge in [-0.15, -0.1) is 0 Å². The van der Waals surface area contributed by atoms with Crippen LogP contribution in [0.15, 0.2) is 26.5 Å². The van der Waals surface area contributed by atoms with Crippen LogP contribution in [0.5, 0.6) is 5.75 Å². The van der Waals surface area contributed by atoms with Crippen LogP contribution in [0.4, 0.5) is 0 Å². The fraction of sp³-hybridized carbons (Fsp3) is 0.559. The Kier molecular flexibility index (Phi) is 17.6. The summed E-state index contributed by atoms with van der Waals surface area (Å²) >= 11 is 0. The fourth-order valence-corrected chi connectivity index (χ4v) is 4.19. The van der Waals surface area contributed by atoms with Gasteiger partial charge in [0.2, 0.25) is 0 Å². The van der Waals surface area contributed by atoms with Crippen molar-refractivity contribution in [1.82, 2.24) is 13.7 Å². The Morgan fingerprint density at radius 1 is 0.585 bits per heavy atom. The normalized spacial score (nSPS) is 9.73. The van der Waals surface area contributed by atoms with Crippen molar-refractivity contribution in [2.75, 3.05) is 7.11 Å². The Morgan fingerprint density at radius 2 is 1.05 bits per heavy atom. The molecule has 0 saturated carbocycles. The molecule has 7 heteroatoms. The highest BCUT2D eigenvalue weighted by molar-refractivity contribution is 5.36. The minimum atomic E-state index is 0.00634. The molecule has 0 aliphatic heterocycles. The van der Waals surface area contributed by atoms with Crippen LogP contribution in [-0.2, 0) is 21.1 Å². The largest absolute Gasteiger partial charge is 0.496 e. The summed E-state index contributed by atoms with van der Waals surface area (Å²) in [6.45, 7) is 27.7. The molecule has 0 N–H and O–H groups in total. The maximum atomic E-state index is 12.0. The summed E-state index contributed by atoms with van der Waals surface area (Å²) in [5.74, 6) is 0.962. The van der Waals surface area contributed by atoms with E-state index in [2.05, 4.69) is 20.8 Å². The lowest BCUT2D eigenvalue weighted by Gasteiger charge is -2.16. The highest BCUT2D eigenvalue weighted by Crippen LogP contribution is 2.19. The molecule has 0 spiro atoms. The van der Waals surface area contributed by atoms with Crippen molar-refractivity contribution in [3.63, 3.8) is 0 Å². The zero-order chi connectivity index (χ0) is 32.9. The van der Waals surface area contributed by atoms with Gasteiger partial charge in [-0.1, -0.05) is 41.5 Å². The molecule has 3 aromatic heterocycles. The molecule has 0 aliphatic carbocycles. The topological polar surface area (TPSA) is 75.2 Å². The van der Waals surface area contributed by atoms with Gasteiger partial charge in [-0.25, -0.2) is 0 Å². The maximum absolute atomic E-state index is 12.0. The number of hydrogen-bond donors (Lipinski definition) is 0. The van der Waals surface area contributed by atoms with Gasteiger partial charge in [0.1, 0.15) is 5.75 Å². The number of hydrogen-bond acceptors (Lipinski definition) is 4. The van der Waals surface area contributed by atoms with E-state index in [1.165, 1.54) is 11.1 Å². The quantitative estimate of drug-likeness (QED) is 0.339. The number of rotatable bonds is 2. The lowest BCUT2D eigenvalue weighted by atomic mass is 9.95. The van der Waals surface area contributed by atoms with Crippen molar-refractivity contribution in [3.05, 3.63) is 93.7 Å². The van der Waals surface area contributed by atoms with E-state index < -0.39 is 0 Å². The summed E-state index contributed by atoms with van der Waals surface area (Å²) in [5.41, 5.74) is 9.26. The van der Waals surface area contributed by atoms with E-state index in [1.54, 1.807) is 41.8 Å². The van der Waals surface area contributed by atoms with Gasteiger partial charge in [-0.05, 0) is 90.1 Å². The molecular weight excluding hydrogens is 514 g/mol. The molecule has 0 atom stereocenters. The second-order valence-electron chi connectivity index (χ2n) is 10.1. The molecule has 0 bridgehead atoms. The minimum absolute atomic E-state index is 0.00634. The molecule has 0 fully saturated rings. The van der Waals surface area contributed by atoms with Crippen molar-refractivity contribution in [2.24, 2.45) is 21.1 Å². The first kappa shape index (κ1) is 39.8. The van der Waals surface area contributed by atoms with Crippen molar-refractivity contribution in [3.8, 4) is 5.75 Å². The van der Waals surface area contributed by atoms with Crippen LogP contribution >= 0.6 is 0 Å². The van der Waals surface area contributed by atoms with Crippen LogP contribution < -0.4 is 21.4 Å². The second-order valence-corrected chi connectivity index (χ2v) is 10.1. The van der Waals surface area contributed by atoms with E-state index in [0.717, 1.165) is 33.8 Å². The average molecular weight is 572 g/mol. The van der Waals surface area contributed by atoms with E-state index in [-0.39, 0.29) is 16.7 Å². The average Bonchev–Trinajstić information content (AvgIpc) is 2.96. The predicted octanol–water partition coefficient (Wildman–Crippen LogP) is 6.81. The molecule has 3 aromatic rings. The van der Waals surface area contributed by atoms with Gasteiger partial charge in [0.15, 0.2) is 0 Å². The summed E-state index contributed by atoms with van der Waals surface area (Å²) in [6, 6.07) is 3.79. The first-order chi connectivity index (χ1) is 19.0. The molecule has 41 heavy (non-hydrogen) atoms.